The van der Waals surface area contributed by atoms with Gasteiger partial charge in [0.2, 0.25) is 0 Å². The maximum absolute atomic E-state index is 11.2. The molecule has 1 saturated heterocycles. The number of hydrogen-bond donors (Lipinski definition) is 0. The molecule has 0 N–H and O–H groups in total. The van der Waals surface area contributed by atoms with E-state index in [4.69, 9.17) is 4.84 Å². The molecule has 1 rings (SSSR count). The van der Waals surface area contributed by atoms with Crippen molar-refractivity contribution in [1.29, 1.82) is 0 Å². The smallest absolute Gasteiger partial charge is 0.141 e. The highest BCUT2D eigenvalue weighted by molar-refractivity contribution is 5.82. The second-order valence-corrected chi connectivity index (χ2v) is 3.75. The van der Waals surface area contributed by atoms with E-state index >= 15 is 0 Å². The van der Waals surface area contributed by atoms with Crippen molar-refractivity contribution in [3.63, 3.8) is 0 Å². The number of carbonyl (C=O) groups is 1. The van der Waals surface area contributed by atoms with E-state index < -0.39 is 0 Å². The van der Waals surface area contributed by atoms with Gasteiger partial charge in [0.15, 0.2) is 0 Å². The summed E-state index contributed by atoms with van der Waals surface area (Å²) in [4.78, 5) is 16.4. The topological polar surface area (TPSA) is 29.5 Å². The van der Waals surface area contributed by atoms with Gasteiger partial charge in [-0.2, -0.15) is 0 Å². The van der Waals surface area contributed by atoms with E-state index in [-0.39, 0.29) is 11.3 Å². The monoisotopic (exact) mass is 169 g/mol. The highest BCUT2D eigenvalue weighted by atomic mass is 16.7. The van der Waals surface area contributed by atoms with Crippen LogP contribution in [0.15, 0.2) is 12.3 Å². The quantitative estimate of drug-likeness (QED) is 0.595. The molecule has 1 fully saturated rings. The lowest BCUT2D eigenvalue weighted by molar-refractivity contribution is -0.180. The number of allylic oxidation sites excluding steroid dienone is 1. The zero-order valence-electron chi connectivity index (χ0n) is 7.89. The summed E-state index contributed by atoms with van der Waals surface area (Å²) in [7, 11) is 1.60. The Morgan fingerprint density at radius 3 is 2.58 bits per heavy atom. The van der Waals surface area contributed by atoms with E-state index in [9.17, 15) is 4.79 Å². The Labute approximate surface area is 73.0 Å². The minimum Gasteiger partial charge on any atom is -0.299 e. The molecule has 68 valence electrons. The Bertz CT molecular complexity index is 221. The van der Waals surface area contributed by atoms with E-state index in [1.807, 2.05) is 13.8 Å². The molecular weight excluding hydrogens is 154 g/mol. The van der Waals surface area contributed by atoms with Crippen LogP contribution in [0.25, 0.3) is 0 Å². The average Bonchev–Trinajstić information content (AvgIpc) is 1.82. The summed E-state index contributed by atoms with van der Waals surface area (Å²) in [6, 6.07) is 0. The lowest BCUT2D eigenvalue weighted by Gasteiger charge is -2.42. The Morgan fingerprint density at radius 1 is 1.58 bits per heavy atom. The van der Waals surface area contributed by atoms with Crippen LogP contribution in [0, 0.1) is 0 Å². The van der Waals surface area contributed by atoms with Crippen LogP contribution in [0.1, 0.15) is 26.7 Å². The minimum atomic E-state index is -0.249. The maximum Gasteiger partial charge on any atom is 0.141 e. The SMILES string of the molecule is C=C1CC(=O)CC(C)(C)N1OC. The third-order valence-corrected chi connectivity index (χ3v) is 2.05. The van der Waals surface area contributed by atoms with Gasteiger partial charge in [0.05, 0.1) is 12.6 Å². The third kappa shape index (κ3) is 1.50. The highest BCUT2D eigenvalue weighted by Crippen LogP contribution is 2.30. The lowest BCUT2D eigenvalue weighted by atomic mass is 9.90. The summed E-state index contributed by atoms with van der Waals surface area (Å²) < 4.78 is 0. The molecule has 0 aromatic carbocycles. The van der Waals surface area contributed by atoms with Crippen LogP contribution >= 0.6 is 0 Å². The van der Waals surface area contributed by atoms with Crippen molar-refractivity contribution in [3.05, 3.63) is 12.3 Å². The Hall–Kier alpha value is -0.830. The summed E-state index contributed by atoms with van der Waals surface area (Å²) in [6.07, 6.45) is 0.942. The predicted octanol–water partition coefficient (Wildman–Crippen LogP) is 1.50. The van der Waals surface area contributed by atoms with Gasteiger partial charge in [-0.05, 0) is 13.8 Å². The normalized spacial score (nSPS) is 23.1. The molecule has 3 heteroatoms. The number of carbonyl (C=O) groups excluding carboxylic acids is 1. The number of ketones is 1. The van der Waals surface area contributed by atoms with E-state index in [1.165, 1.54) is 0 Å². The summed E-state index contributed by atoms with van der Waals surface area (Å²) >= 11 is 0. The van der Waals surface area contributed by atoms with Gasteiger partial charge in [-0.1, -0.05) is 6.58 Å². The molecule has 0 amide bonds. The lowest BCUT2D eigenvalue weighted by Crippen LogP contribution is -2.47. The van der Waals surface area contributed by atoms with Crippen molar-refractivity contribution in [2.24, 2.45) is 0 Å². The number of hydrogen-bond acceptors (Lipinski definition) is 3. The molecule has 0 radical (unpaired) electrons. The van der Waals surface area contributed by atoms with Gasteiger partial charge >= 0.3 is 0 Å². The molecule has 0 atom stereocenters. The van der Waals surface area contributed by atoms with Crippen molar-refractivity contribution in [2.75, 3.05) is 7.11 Å². The van der Waals surface area contributed by atoms with Crippen LogP contribution in [0.4, 0.5) is 0 Å². The van der Waals surface area contributed by atoms with Crippen molar-refractivity contribution >= 4 is 5.78 Å². The van der Waals surface area contributed by atoms with Crippen molar-refractivity contribution in [1.82, 2.24) is 5.06 Å². The molecule has 3 nitrogen and oxygen atoms in total. The number of Topliss-reactive ketones (excluding diaryl/α,β-unsaturated/α-hetero) is 1. The van der Waals surface area contributed by atoms with Gasteiger partial charge in [0.25, 0.3) is 0 Å². The zero-order valence-corrected chi connectivity index (χ0v) is 7.89. The molecule has 0 spiro atoms. The van der Waals surface area contributed by atoms with Gasteiger partial charge in [-0.15, -0.1) is 0 Å². The summed E-state index contributed by atoms with van der Waals surface area (Å²) in [5.74, 6) is 0.235. The summed E-state index contributed by atoms with van der Waals surface area (Å²) in [6.45, 7) is 7.73. The van der Waals surface area contributed by atoms with Crippen LogP contribution in [0.3, 0.4) is 0 Å². The van der Waals surface area contributed by atoms with Crippen LogP contribution in [-0.2, 0) is 9.63 Å². The van der Waals surface area contributed by atoms with E-state index in [1.54, 1.807) is 12.2 Å². The number of rotatable bonds is 1. The number of hydroxylamine groups is 2. The van der Waals surface area contributed by atoms with Crippen LogP contribution in [0.5, 0.6) is 0 Å². The van der Waals surface area contributed by atoms with Crippen LogP contribution < -0.4 is 0 Å². The van der Waals surface area contributed by atoms with E-state index in [2.05, 4.69) is 6.58 Å². The number of nitrogens with zero attached hydrogens (tertiary/aromatic N) is 1. The largest absolute Gasteiger partial charge is 0.299 e. The van der Waals surface area contributed by atoms with Crippen molar-refractivity contribution < 1.29 is 9.63 Å². The van der Waals surface area contributed by atoms with E-state index in [0.717, 1.165) is 5.70 Å². The predicted molar refractivity (Wildman–Crippen MR) is 46.3 cm³/mol. The van der Waals surface area contributed by atoms with Gasteiger partial charge in [-0.25, -0.2) is 0 Å². The van der Waals surface area contributed by atoms with E-state index in [0.29, 0.717) is 12.8 Å². The molecule has 0 saturated carbocycles. The van der Waals surface area contributed by atoms with Crippen LogP contribution in [0.2, 0.25) is 0 Å². The molecule has 0 aromatic rings. The summed E-state index contributed by atoms with van der Waals surface area (Å²) in [5.41, 5.74) is 0.500. The molecule has 12 heavy (non-hydrogen) atoms. The molecule has 1 aliphatic heterocycles. The average molecular weight is 169 g/mol. The first-order valence-electron chi connectivity index (χ1n) is 4.01. The molecule has 0 bridgehead atoms. The zero-order chi connectivity index (χ0) is 9.35. The first-order valence-corrected chi connectivity index (χ1v) is 4.01. The maximum atomic E-state index is 11.2. The first kappa shape index (κ1) is 9.26. The van der Waals surface area contributed by atoms with Crippen LogP contribution in [-0.4, -0.2) is 23.5 Å². The standard InChI is InChI=1S/C9H15NO2/c1-7-5-8(11)6-9(2,3)10(7)12-4/h1,5-6H2,2-4H3. The fraction of sp³-hybridized carbons (Fsp3) is 0.667. The third-order valence-electron chi connectivity index (χ3n) is 2.05. The van der Waals surface area contributed by atoms with Gasteiger partial charge in [-0.3, -0.25) is 14.7 Å². The molecule has 0 aliphatic carbocycles. The fourth-order valence-electron chi connectivity index (χ4n) is 1.72. The molecular formula is C9H15NO2. The fourth-order valence-corrected chi connectivity index (χ4v) is 1.72. The second kappa shape index (κ2) is 2.90. The Balaban J connectivity index is 2.85. The molecule has 0 unspecified atom stereocenters. The Morgan fingerprint density at radius 2 is 2.17 bits per heavy atom. The second-order valence-electron chi connectivity index (χ2n) is 3.75. The van der Waals surface area contributed by atoms with Crippen molar-refractivity contribution in [2.45, 2.75) is 32.2 Å². The van der Waals surface area contributed by atoms with Gasteiger partial charge in [0, 0.05) is 18.5 Å². The first-order chi connectivity index (χ1) is 5.47. The number of piperidine rings is 1. The van der Waals surface area contributed by atoms with Crippen molar-refractivity contribution in [3.8, 4) is 0 Å². The minimum absolute atomic E-state index is 0.235. The molecule has 1 aliphatic rings. The Kier molecular flexibility index (Phi) is 2.24. The molecule has 0 aromatic heterocycles. The van der Waals surface area contributed by atoms with Gasteiger partial charge < -0.3 is 0 Å². The van der Waals surface area contributed by atoms with Gasteiger partial charge in [0.1, 0.15) is 5.78 Å². The highest BCUT2D eigenvalue weighted by Gasteiger charge is 2.35. The molecule has 1 heterocycles. The summed E-state index contributed by atoms with van der Waals surface area (Å²) in [5, 5.41) is 1.72.